The molecule has 16 heavy (non-hydrogen) atoms. The van der Waals surface area contributed by atoms with Gasteiger partial charge in [-0.15, -0.1) is 0 Å². The summed E-state index contributed by atoms with van der Waals surface area (Å²) < 4.78 is 15.1. The van der Waals surface area contributed by atoms with E-state index in [2.05, 4.69) is 15.5 Å². The van der Waals surface area contributed by atoms with Crippen molar-refractivity contribution in [3.8, 4) is 0 Å². The van der Waals surface area contributed by atoms with Gasteiger partial charge in [0.05, 0.1) is 13.2 Å². The largest absolute Gasteiger partial charge is 0.390 e. The van der Waals surface area contributed by atoms with Crippen LogP contribution in [0.3, 0.4) is 0 Å². The quantitative estimate of drug-likeness (QED) is 0.596. The van der Waals surface area contributed by atoms with Crippen molar-refractivity contribution in [2.24, 2.45) is 0 Å². The number of anilines is 2. The molecule has 1 aromatic rings. The average Bonchev–Trinajstić information content (AvgIpc) is 2.68. The molecular weight excluding hydrogens is 212 g/mol. The molecule has 7 nitrogen and oxygen atoms in total. The maximum absolute atomic E-state index is 5.31. The first kappa shape index (κ1) is 12.7. The van der Waals surface area contributed by atoms with Gasteiger partial charge in [-0.3, -0.25) is 0 Å². The molecule has 3 N–H and O–H groups in total. The van der Waals surface area contributed by atoms with Crippen LogP contribution < -0.4 is 11.1 Å². The van der Waals surface area contributed by atoms with Gasteiger partial charge in [0.1, 0.15) is 0 Å². The first-order chi connectivity index (χ1) is 7.83. The highest BCUT2D eigenvalue weighted by Crippen LogP contribution is 2.05. The third-order valence-corrected chi connectivity index (χ3v) is 1.86. The zero-order valence-electron chi connectivity index (χ0n) is 9.44. The molecule has 0 bridgehead atoms. The normalized spacial score (nSPS) is 10.6. The van der Waals surface area contributed by atoms with E-state index in [1.54, 1.807) is 7.11 Å². The van der Waals surface area contributed by atoms with Gasteiger partial charge in [-0.05, 0) is 12.8 Å². The molecule has 0 aliphatic heterocycles. The van der Waals surface area contributed by atoms with E-state index in [4.69, 9.17) is 19.6 Å². The minimum Gasteiger partial charge on any atom is -0.390 e. The van der Waals surface area contributed by atoms with Crippen LogP contribution in [-0.2, 0) is 9.47 Å². The Hall–Kier alpha value is -1.34. The van der Waals surface area contributed by atoms with Crippen LogP contribution in [0.2, 0.25) is 0 Å². The summed E-state index contributed by atoms with van der Waals surface area (Å²) in [5.74, 6) is 0. The van der Waals surface area contributed by atoms with E-state index in [0.29, 0.717) is 19.2 Å². The maximum Gasteiger partial charge on any atom is 0.316 e. The van der Waals surface area contributed by atoms with Crippen LogP contribution in [0.1, 0.15) is 12.8 Å². The zero-order valence-corrected chi connectivity index (χ0v) is 9.44. The van der Waals surface area contributed by atoms with Crippen molar-refractivity contribution in [3.63, 3.8) is 0 Å². The molecule has 0 aliphatic rings. The van der Waals surface area contributed by atoms with E-state index >= 15 is 0 Å². The Morgan fingerprint density at radius 1 is 1.25 bits per heavy atom. The number of nitrogens with zero attached hydrogens (tertiary/aromatic N) is 2. The molecule has 0 radical (unpaired) electrons. The Balaban J connectivity index is 1.88. The fourth-order valence-corrected chi connectivity index (χ4v) is 1.07. The first-order valence-corrected chi connectivity index (χ1v) is 5.22. The number of rotatable bonds is 9. The standard InChI is InChI=1S/C9H18N4O3/c1-14-6-7-15-5-3-2-4-11-9-13-12-8(10)16-9/h2-7H2,1H3,(H2,10,12)(H,11,13). The molecule has 1 aromatic heterocycles. The predicted molar refractivity (Wildman–Crippen MR) is 59.1 cm³/mol. The van der Waals surface area contributed by atoms with Crippen molar-refractivity contribution in [1.29, 1.82) is 0 Å². The molecule has 0 saturated carbocycles. The summed E-state index contributed by atoms with van der Waals surface area (Å²) in [7, 11) is 1.66. The van der Waals surface area contributed by atoms with Gasteiger partial charge in [0.15, 0.2) is 0 Å². The third kappa shape index (κ3) is 5.52. The summed E-state index contributed by atoms with van der Waals surface area (Å²) >= 11 is 0. The molecule has 0 spiro atoms. The summed E-state index contributed by atoms with van der Waals surface area (Å²) in [5, 5.41) is 10.2. The van der Waals surface area contributed by atoms with Crippen molar-refractivity contribution in [1.82, 2.24) is 10.2 Å². The highest BCUT2D eigenvalue weighted by atomic mass is 16.5. The van der Waals surface area contributed by atoms with Gasteiger partial charge < -0.3 is 24.9 Å². The number of hydrogen-bond donors (Lipinski definition) is 2. The van der Waals surface area contributed by atoms with Gasteiger partial charge in [0.2, 0.25) is 0 Å². The van der Waals surface area contributed by atoms with Crippen LogP contribution in [0, 0.1) is 0 Å². The summed E-state index contributed by atoms with van der Waals surface area (Å²) in [5.41, 5.74) is 5.26. The van der Waals surface area contributed by atoms with Gasteiger partial charge in [-0.25, -0.2) is 0 Å². The number of nitrogens with one attached hydrogen (secondary N) is 1. The lowest BCUT2D eigenvalue weighted by atomic mass is 10.3. The van der Waals surface area contributed by atoms with Gasteiger partial charge in [-0.2, -0.15) is 0 Å². The van der Waals surface area contributed by atoms with E-state index in [9.17, 15) is 0 Å². The number of nitrogen functional groups attached to an aromatic ring is 1. The lowest BCUT2D eigenvalue weighted by Gasteiger charge is -2.03. The van der Waals surface area contributed by atoms with Crippen LogP contribution in [0.25, 0.3) is 0 Å². The van der Waals surface area contributed by atoms with Crippen LogP contribution in [0.4, 0.5) is 12.0 Å². The van der Waals surface area contributed by atoms with E-state index in [-0.39, 0.29) is 6.01 Å². The van der Waals surface area contributed by atoms with Gasteiger partial charge in [0.25, 0.3) is 0 Å². The molecular formula is C9H18N4O3. The molecule has 92 valence electrons. The molecule has 0 saturated heterocycles. The smallest absolute Gasteiger partial charge is 0.316 e. The predicted octanol–water partition coefficient (Wildman–Crippen LogP) is 0.507. The first-order valence-electron chi connectivity index (χ1n) is 5.22. The van der Waals surface area contributed by atoms with Crippen molar-refractivity contribution in [2.45, 2.75) is 12.8 Å². The van der Waals surface area contributed by atoms with Crippen molar-refractivity contribution in [3.05, 3.63) is 0 Å². The Morgan fingerprint density at radius 3 is 2.81 bits per heavy atom. The summed E-state index contributed by atoms with van der Waals surface area (Å²) in [6.07, 6.45) is 1.94. The zero-order chi connectivity index (χ0) is 11.6. The molecule has 1 heterocycles. The third-order valence-electron chi connectivity index (χ3n) is 1.86. The molecule has 0 atom stereocenters. The lowest BCUT2D eigenvalue weighted by molar-refractivity contribution is 0.0691. The molecule has 7 heteroatoms. The minimum absolute atomic E-state index is 0.0744. The second-order valence-corrected chi connectivity index (χ2v) is 3.18. The molecule has 0 fully saturated rings. The minimum atomic E-state index is 0.0744. The molecule has 1 rings (SSSR count). The van der Waals surface area contributed by atoms with E-state index in [1.807, 2.05) is 0 Å². The topological polar surface area (TPSA) is 95.4 Å². The van der Waals surface area contributed by atoms with Crippen molar-refractivity contribution < 1.29 is 13.9 Å². The van der Waals surface area contributed by atoms with Gasteiger partial charge >= 0.3 is 12.0 Å². The monoisotopic (exact) mass is 230 g/mol. The van der Waals surface area contributed by atoms with Gasteiger partial charge in [-0.1, -0.05) is 10.2 Å². The SMILES string of the molecule is COCCOCCCCNc1nnc(N)o1. The molecule has 0 aromatic carbocycles. The van der Waals surface area contributed by atoms with E-state index < -0.39 is 0 Å². The Morgan fingerprint density at radius 2 is 2.12 bits per heavy atom. The summed E-state index contributed by atoms with van der Waals surface area (Å²) in [6.45, 7) is 2.77. The highest BCUT2D eigenvalue weighted by molar-refractivity contribution is 5.21. The highest BCUT2D eigenvalue weighted by Gasteiger charge is 1.99. The number of ether oxygens (including phenoxy) is 2. The van der Waals surface area contributed by atoms with Crippen LogP contribution in [0.15, 0.2) is 4.42 Å². The van der Waals surface area contributed by atoms with Crippen LogP contribution in [0.5, 0.6) is 0 Å². The van der Waals surface area contributed by atoms with Gasteiger partial charge in [0, 0.05) is 20.3 Å². The number of methoxy groups -OCH3 is 1. The molecule has 0 unspecified atom stereocenters. The Kier molecular flexibility index (Phi) is 6.28. The molecule has 0 amide bonds. The number of hydrogen-bond acceptors (Lipinski definition) is 7. The second kappa shape index (κ2) is 7.89. The number of nitrogens with two attached hydrogens (primary N) is 1. The fourth-order valence-electron chi connectivity index (χ4n) is 1.07. The summed E-state index contributed by atoms with van der Waals surface area (Å²) in [6, 6.07) is 0.434. The number of unbranched alkanes of at least 4 members (excludes halogenated alkanes) is 1. The van der Waals surface area contributed by atoms with Crippen LogP contribution >= 0.6 is 0 Å². The lowest BCUT2D eigenvalue weighted by Crippen LogP contribution is -2.06. The fraction of sp³-hybridized carbons (Fsp3) is 0.778. The van der Waals surface area contributed by atoms with Crippen LogP contribution in [-0.4, -0.2) is 43.7 Å². The van der Waals surface area contributed by atoms with E-state index in [1.165, 1.54) is 0 Å². The maximum atomic E-state index is 5.31. The Bertz CT molecular complexity index is 279. The second-order valence-electron chi connectivity index (χ2n) is 3.18. The Labute approximate surface area is 94.3 Å². The van der Waals surface area contributed by atoms with E-state index in [0.717, 1.165) is 26.0 Å². The summed E-state index contributed by atoms with van der Waals surface area (Å²) in [4.78, 5) is 0. The van der Waals surface area contributed by atoms with Crippen molar-refractivity contribution >= 4 is 12.0 Å². The molecule has 0 aliphatic carbocycles. The van der Waals surface area contributed by atoms with Crippen molar-refractivity contribution in [2.75, 3.05) is 44.5 Å². The number of aromatic nitrogens is 2. The average molecular weight is 230 g/mol.